The highest BCUT2D eigenvalue weighted by atomic mass is 79.9. The highest BCUT2D eigenvalue weighted by molar-refractivity contribution is 8.93. The number of rotatable bonds is 6. The molecule has 0 aliphatic heterocycles. The first-order valence-corrected chi connectivity index (χ1v) is 12.8. The van der Waals surface area contributed by atoms with Crippen LogP contribution in [-0.4, -0.2) is 46.0 Å². The molecule has 14 heteroatoms. The quantitative estimate of drug-likeness (QED) is 0.0644. The number of ketones is 1. The number of pyridine rings is 2. The number of nitro groups is 2. The van der Waals surface area contributed by atoms with Crippen molar-refractivity contribution in [3.05, 3.63) is 116 Å². The van der Waals surface area contributed by atoms with Gasteiger partial charge >= 0.3 is 11.4 Å². The van der Waals surface area contributed by atoms with Crippen molar-refractivity contribution in [1.82, 2.24) is 9.97 Å². The Kier molecular flexibility index (Phi) is 7.75. The van der Waals surface area contributed by atoms with E-state index in [0.29, 0.717) is 21.8 Å². The van der Waals surface area contributed by atoms with E-state index in [9.17, 15) is 45.4 Å². The Bertz CT molecular complexity index is 2070. The molecule has 6 rings (SSSR count). The Morgan fingerprint density at radius 2 is 0.978 bits per heavy atom. The summed E-state index contributed by atoms with van der Waals surface area (Å²) in [5.74, 6) is -4.22. The van der Waals surface area contributed by atoms with Gasteiger partial charge in [0.1, 0.15) is 0 Å². The molecule has 45 heavy (non-hydrogen) atoms. The fraction of sp³-hybridized carbons (Fsp3) is 0. The molecule has 0 bridgehead atoms. The number of nitro benzene ring substituents is 2. The zero-order valence-corrected chi connectivity index (χ0v) is 24.3. The summed E-state index contributed by atoms with van der Waals surface area (Å²) in [6, 6.07) is 20.6. The summed E-state index contributed by atoms with van der Waals surface area (Å²) in [5, 5.41) is 65.0. The second-order valence-electron chi connectivity index (χ2n) is 9.72. The lowest BCUT2D eigenvalue weighted by Gasteiger charge is -2.15. The summed E-state index contributed by atoms with van der Waals surface area (Å²) in [7, 11) is 0. The molecular weight excluding hydrogens is 652 g/mol. The third kappa shape index (κ3) is 5.29. The van der Waals surface area contributed by atoms with Crippen LogP contribution in [0.1, 0.15) is 15.9 Å². The number of hydrogen-bond acceptors (Lipinski definition) is 11. The smallest absolute Gasteiger partial charge is 0.315 e. The SMILES string of the molecule is Br.O=C(c1cc2ccccc2nc1-c1cc(O)c(O)c([N+](=O)[O-])c1)c1cc2ccccc2nc1-c1cc(O)c(O)c([N+](=O)[O-])c1. The van der Waals surface area contributed by atoms with Crippen molar-refractivity contribution in [3.8, 4) is 45.5 Å². The maximum atomic E-state index is 14.5. The summed E-state index contributed by atoms with van der Waals surface area (Å²) in [4.78, 5) is 45.1. The fourth-order valence-electron chi connectivity index (χ4n) is 4.92. The Balaban J connectivity index is 0.00000400. The second-order valence-corrected chi connectivity index (χ2v) is 9.72. The van der Waals surface area contributed by atoms with Crippen LogP contribution in [0.2, 0.25) is 0 Å². The van der Waals surface area contributed by atoms with Gasteiger partial charge in [0.05, 0.1) is 32.3 Å². The molecule has 4 N–H and O–H groups in total. The second kappa shape index (κ2) is 11.5. The molecule has 2 heterocycles. The van der Waals surface area contributed by atoms with Crippen molar-refractivity contribution in [2.24, 2.45) is 0 Å². The third-order valence-corrected chi connectivity index (χ3v) is 7.02. The lowest BCUT2D eigenvalue weighted by molar-refractivity contribution is -0.386. The van der Waals surface area contributed by atoms with E-state index in [2.05, 4.69) is 9.97 Å². The number of benzene rings is 4. The lowest BCUT2D eigenvalue weighted by Crippen LogP contribution is -2.09. The van der Waals surface area contributed by atoms with Crippen molar-refractivity contribution in [2.45, 2.75) is 0 Å². The summed E-state index contributed by atoms with van der Waals surface area (Å²) in [6.45, 7) is 0. The standard InChI is InChI=1S/C31H18N4O9.BrH/c36-25-13-17(11-23(30(25)39)34(41)42)27-19(9-15-5-1-3-7-21(15)32-27)29(38)20-10-16-6-2-4-8-22(16)33-28(20)18-12-24(35(43)44)31(40)26(37)14-18;/h1-14,36-37,39-40H;1H. The average Bonchev–Trinajstić information content (AvgIpc) is 3.01. The molecule has 0 radical (unpaired) electrons. The van der Waals surface area contributed by atoms with Gasteiger partial charge in [-0.1, -0.05) is 36.4 Å². The van der Waals surface area contributed by atoms with Crippen LogP contribution in [0, 0.1) is 20.2 Å². The number of aromatic hydroxyl groups is 4. The van der Waals surface area contributed by atoms with E-state index in [4.69, 9.17) is 0 Å². The van der Waals surface area contributed by atoms with Gasteiger partial charge in [-0.3, -0.25) is 25.0 Å². The van der Waals surface area contributed by atoms with E-state index in [0.717, 1.165) is 24.3 Å². The Morgan fingerprint density at radius 3 is 1.36 bits per heavy atom. The van der Waals surface area contributed by atoms with Gasteiger partial charge in [0.15, 0.2) is 17.3 Å². The predicted molar refractivity (Wildman–Crippen MR) is 168 cm³/mol. The van der Waals surface area contributed by atoms with Crippen LogP contribution in [0.4, 0.5) is 11.4 Å². The number of phenolic OH excluding ortho intramolecular Hbond substituents is 4. The molecule has 6 aromatic rings. The van der Waals surface area contributed by atoms with E-state index in [-0.39, 0.29) is 50.6 Å². The first-order chi connectivity index (χ1) is 21.0. The number of hydrogen-bond donors (Lipinski definition) is 4. The summed E-state index contributed by atoms with van der Waals surface area (Å²) in [5.41, 5.74) is -1.14. The van der Waals surface area contributed by atoms with Crippen LogP contribution in [0.3, 0.4) is 0 Å². The molecule has 0 aliphatic carbocycles. The molecule has 0 aliphatic rings. The minimum absolute atomic E-state index is 0. The molecule has 2 aromatic heterocycles. The monoisotopic (exact) mass is 670 g/mol. The number of para-hydroxylation sites is 2. The largest absolute Gasteiger partial charge is 0.504 e. The van der Waals surface area contributed by atoms with Gasteiger partial charge in [-0.2, -0.15) is 0 Å². The highest BCUT2D eigenvalue weighted by Gasteiger charge is 2.28. The van der Waals surface area contributed by atoms with Crippen molar-refractivity contribution >= 4 is 55.9 Å². The molecule has 0 unspecified atom stereocenters. The average molecular weight is 671 g/mol. The van der Waals surface area contributed by atoms with Crippen LogP contribution in [0.25, 0.3) is 44.3 Å². The molecule has 224 valence electrons. The van der Waals surface area contributed by atoms with Crippen LogP contribution in [0.5, 0.6) is 23.0 Å². The summed E-state index contributed by atoms with van der Waals surface area (Å²) in [6.07, 6.45) is 0. The molecule has 0 saturated carbocycles. The molecule has 4 aromatic carbocycles. The number of nitrogens with zero attached hydrogens (tertiary/aromatic N) is 4. The van der Waals surface area contributed by atoms with Crippen LogP contribution in [-0.2, 0) is 0 Å². The highest BCUT2D eigenvalue weighted by Crippen LogP contribution is 2.43. The summed E-state index contributed by atoms with van der Waals surface area (Å²) >= 11 is 0. The maximum Gasteiger partial charge on any atom is 0.315 e. The molecule has 13 nitrogen and oxygen atoms in total. The van der Waals surface area contributed by atoms with Gasteiger partial charge in [-0.15, -0.1) is 17.0 Å². The number of fused-ring (bicyclic) bond motifs is 2. The maximum absolute atomic E-state index is 14.5. The normalized spacial score (nSPS) is 10.8. The van der Waals surface area contributed by atoms with Gasteiger partial charge in [-0.05, 0) is 36.4 Å². The van der Waals surface area contributed by atoms with Crippen LogP contribution >= 0.6 is 17.0 Å². The number of carbonyl (C=O) groups excluding carboxylic acids is 1. The molecule has 0 amide bonds. The molecule has 0 atom stereocenters. The van der Waals surface area contributed by atoms with E-state index >= 15 is 0 Å². The fourth-order valence-corrected chi connectivity index (χ4v) is 4.92. The van der Waals surface area contributed by atoms with Gasteiger partial charge in [0.2, 0.25) is 11.5 Å². The van der Waals surface area contributed by atoms with Crippen molar-refractivity contribution < 1.29 is 35.1 Å². The molecular formula is C31H19BrN4O9. The zero-order chi connectivity index (χ0) is 31.3. The molecule has 0 saturated heterocycles. The molecule has 0 spiro atoms. The third-order valence-electron chi connectivity index (χ3n) is 7.02. The summed E-state index contributed by atoms with van der Waals surface area (Å²) < 4.78 is 0. The van der Waals surface area contributed by atoms with Gasteiger partial charge in [-0.25, -0.2) is 9.97 Å². The minimum atomic E-state index is -0.956. The van der Waals surface area contributed by atoms with E-state index in [1.54, 1.807) is 48.5 Å². The van der Waals surface area contributed by atoms with Crippen LogP contribution in [0.15, 0.2) is 84.9 Å². The predicted octanol–water partition coefficient (Wildman–Crippen LogP) is 6.56. The Morgan fingerprint density at radius 1 is 0.600 bits per heavy atom. The van der Waals surface area contributed by atoms with E-state index in [1.165, 1.54) is 12.1 Å². The van der Waals surface area contributed by atoms with Gasteiger partial charge < -0.3 is 20.4 Å². The first-order valence-electron chi connectivity index (χ1n) is 12.8. The Labute approximate surface area is 262 Å². The van der Waals surface area contributed by atoms with E-state index in [1.807, 2.05) is 0 Å². The zero-order valence-electron chi connectivity index (χ0n) is 22.6. The minimum Gasteiger partial charge on any atom is -0.504 e. The first kappa shape index (κ1) is 30.3. The van der Waals surface area contributed by atoms with Crippen LogP contribution < -0.4 is 0 Å². The number of carbonyl (C=O) groups is 1. The Hall–Kier alpha value is -6.15. The topological polar surface area (TPSA) is 210 Å². The van der Waals surface area contributed by atoms with Gasteiger partial charge in [0, 0.05) is 45.2 Å². The number of phenols is 4. The van der Waals surface area contributed by atoms with Crippen molar-refractivity contribution in [2.75, 3.05) is 0 Å². The van der Waals surface area contributed by atoms with Crippen molar-refractivity contribution in [1.29, 1.82) is 0 Å². The van der Waals surface area contributed by atoms with E-state index < -0.39 is 50.0 Å². The number of aromatic nitrogens is 2. The van der Waals surface area contributed by atoms with Crippen molar-refractivity contribution in [3.63, 3.8) is 0 Å². The molecule has 0 fully saturated rings. The lowest BCUT2D eigenvalue weighted by atomic mass is 9.92. The van der Waals surface area contributed by atoms with Gasteiger partial charge in [0.25, 0.3) is 0 Å². The number of halogens is 1.